The Labute approximate surface area is 131 Å². The number of nitrogens with one attached hydrogen (secondary N) is 1. The van der Waals surface area contributed by atoms with Gasteiger partial charge in [0.15, 0.2) is 0 Å². The van der Waals surface area contributed by atoms with Crippen LogP contribution in [0.1, 0.15) is 42.0 Å². The largest absolute Gasteiger partial charge is 0.310 e. The maximum Gasteiger partial charge on any atom is 0.0847 e. The van der Waals surface area contributed by atoms with E-state index in [0.717, 1.165) is 41.5 Å². The Morgan fingerprint density at radius 3 is 2.67 bits per heavy atom. The predicted molar refractivity (Wildman–Crippen MR) is 86.7 cm³/mol. The van der Waals surface area contributed by atoms with Gasteiger partial charge in [-0.25, -0.2) is 0 Å². The first-order valence-electron chi connectivity index (χ1n) is 7.37. The Balaban J connectivity index is 2.31. The molecule has 0 aliphatic carbocycles. The van der Waals surface area contributed by atoms with E-state index in [1.807, 2.05) is 37.8 Å². The zero-order valence-corrected chi connectivity index (χ0v) is 13.9. The minimum Gasteiger partial charge on any atom is -0.310 e. The first-order chi connectivity index (χ1) is 10.0. The third kappa shape index (κ3) is 3.63. The smallest absolute Gasteiger partial charge is 0.0847 e. The van der Waals surface area contributed by atoms with Crippen molar-refractivity contribution in [1.29, 1.82) is 0 Å². The third-order valence-electron chi connectivity index (χ3n) is 3.72. The molecule has 5 heteroatoms. The molecule has 2 aromatic rings. The van der Waals surface area contributed by atoms with Crippen molar-refractivity contribution >= 4 is 11.6 Å². The first kappa shape index (κ1) is 16.0. The second kappa shape index (κ2) is 7.05. The second-order valence-electron chi connectivity index (χ2n) is 5.36. The predicted octanol–water partition coefficient (Wildman–Crippen LogP) is 3.37. The lowest BCUT2D eigenvalue weighted by Crippen LogP contribution is -2.26. The minimum atomic E-state index is 0.200. The number of rotatable bonds is 6. The molecule has 0 bridgehead atoms. The van der Waals surface area contributed by atoms with Crippen LogP contribution in [0.15, 0.2) is 18.3 Å². The van der Waals surface area contributed by atoms with Crippen molar-refractivity contribution in [1.82, 2.24) is 20.1 Å². The molecule has 0 aliphatic heterocycles. The number of nitrogens with zero attached hydrogens (tertiary/aromatic N) is 3. The van der Waals surface area contributed by atoms with Crippen LogP contribution in [-0.4, -0.2) is 21.3 Å². The van der Waals surface area contributed by atoms with Crippen LogP contribution in [0, 0.1) is 13.8 Å². The van der Waals surface area contributed by atoms with Crippen molar-refractivity contribution in [2.45, 2.75) is 39.7 Å². The van der Waals surface area contributed by atoms with Crippen molar-refractivity contribution in [3.05, 3.63) is 46.0 Å². The van der Waals surface area contributed by atoms with Crippen LogP contribution in [0.4, 0.5) is 0 Å². The molecule has 0 radical (unpaired) electrons. The zero-order valence-electron chi connectivity index (χ0n) is 13.2. The molecule has 2 heterocycles. The van der Waals surface area contributed by atoms with Crippen LogP contribution in [0.25, 0.3) is 0 Å². The van der Waals surface area contributed by atoms with Gasteiger partial charge in [0.1, 0.15) is 0 Å². The molecule has 114 valence electrons. The summed E-state index contributed by atoms with van der Waals surface area (Å²) in [6.07, 6.45) is 3.73. The lowest BCUT2D eigenvalue weighted by atomic mass is 10.0. The summed E-state index contributed by atoms with van der Waals surface area (Å²) in [5, 5.41) is 8.77. The van der Waals surface area contributed by atoms with E-state index in [-0.39, 0.29) is 6.04 Å². The maximum atomic E-state index is 6.39. The van der Waals surface area contributed by atoms with E-state index in [9.17, 15) is 0 Å². The summed E-state index contributed by atoms with van der Waals surface area (Å²) in [4.78, 5) is 4.40. The standard InChI is InChI=1S/C16H23ClN4/c1-5-8-19-14(13-7-6-9-18-11(13)2)10-15-16(17)12(3)20-21(15)4/h6-7,9,14,19H,5,8,10H2,1-4H3. The van der Waals surface area contributed by atoms with Crippen LogP contribution in [-0.2, 0) is 13.5 Å². The highest BCUT2D eigenvalue weighted by Crippen LogP contribution is 2.26. The number of aromatic nitrogens is 3. The Kier molecular flexibility index (Phi) is 5.37. The molecule has 1 atom stereocenters. The summed E-state index contributed by atoms with van der Waals surface area (Å²) < 4.78 is 1.88. The minimum absolute atomic E-state index is 0.200. The molecule has 0 spiro atoms. The number of hydrogen-bond acceptors (Lipinski definition) is 3. The van der Waals surface area contributed by atoms with E-state index in [0.29, 0.717) is 0 Å². The molecular formula is C16H23ClN4. The van der Waals surface area contributed by atoms with Crippen molar-refractivity contribution < 1.29 is 0 Å². The fourth-order valence-electron chi connectivity index (χ4n) is 2.57. The molecule has 4 nitrogen and oxygen atoms in total. The Morgan fingerprint density at radius 2 is 2.10 bits per heavy atom. The Bertz CT molecular complexity index is 606. The number of pyridine rings is 1. The molecule has 21 heavy (non-hydrogen) atoms. The summed E-state index contributed by atoms with van der Waals surface area (Å²) in [5.41, 5.74) is 4.22. The summed E-state index contributed by atoms with van der Waals surface area (Å²) >= 11 is 6.39. The molecule has 1 N–H and O–H groups in total. The Morgan fingerprint density at radius 1 is 1.33 bits per heavy atom. The molecule has 0 saturated heterocycles. The topological polar surface area (TPSA) is 42.7 Å². The van der Waals surface area contributed by atoms with Gasteiger partial charge in [0, 0.05) is 31.4 Å². The molecular weight excluding hydrogens is 284 g/mol. The van der Waals surface area contributed by atoms with Gasteiger partial charge in [-0.2, -0.15) is 5.10 Å². The average molecular weight is 307 g/mol. The van der Waals surface area contributed by atoms with E-state index >= 15 is 0 Å². The number of hydrogen-bond donors (Lipinski definition) is 1. The van der Waals surface area contributed by atoms with Crippen molar-refractivity contribution in [3.8, 4) is 0 Å². The van der Waals surface area contributed by atoms with E-state index in [1.54, 1.807) is 0 Å². The average Bonchev–Trinajstić information content (AvgIpc) is 2.70. The van der Waals surface area contributed by atoms with Gasteiger partial charge >= 0.3 is 0 Å². The van der Waals surface area contributed by atoms with E-state index in [1.165, 1.54) is 5.56 Å². The van der Waals surface area contributed by atoms with E-state index in [2.05, 4.69) is 28.4 Å². The van der Waals surface area contributed by atoms with Gasteiger partial charge in [-0.1, -0.05) is 24.6 Å². The second-order valence-corrected chi connectivity index (χ2v) is 5.74. The lowest BCUT2D eigenvalue weighted by Gasteiger charge is -2.20. The highest BCUT2D eigenvalue weighted by molar-refractivity contribution is 6.31. The Hall–Kier alpha value is -1.39. The van der Waals surface area contributed by atoms with Gasteiger partial charge in [0.2, 0.25) is 0 Å². The summed E-state index contributed by atoms with van der Waals surface area (Å²) in [6.45, 7) is 7.12. The molecule has 1 unspecified atom stereocenters. The molecule has 0 aromatic carbocycles. The van der Waals surface area contributed by atoms with Crippen LogP contribution >= 0.6 is 11.6 Å². The molecule has 0 amide bonds. The molecule has 2 rings (SSSR count). The van der Waals surface area contributed by atoms with Crippen molar-refractivity contribution in [2.75, 3.05) is 6.54 Å². The van der Waals surface area contributed by atoms with Gasteiger partial charge in [-0.3, -0.25) is 9.67 Å². The highest BCUT2D eigenvalue weighted by atomic mass is 35.5. The van der Waals surface area contributed by atoms with E-state index < -0.39 is 0 Å². The van der Waals surface area contributed by atoms with Crippen LogP contribution in [0.2, 0.25) is 5.02 Å². The molecule has 0 fully saturated rings. The van der Waals surface area contributed by atoms with Crippen molar-refractivity contribution in [2.24, 2.45) is 7.05 Å². The van der Waals surface area contributed by atoms with Gasteiger partial charge in [0.25, 0.3) is 0 Å². The summed E-state index contributed by atoms with van der Waals surface area (Å²) in [7, 11) is 1.95. The maximum absolute atomic E-state index is 6.39. The highest BCUT2D eigenvalue weighted by Gasteiger charge is 2.19. The zero-order chi connectivity index (χ0) is 15.4. The third-order valence-corrected chi connectivity index (χ3v) is 4.21. The van der Waals surface area contributed by atoms with Gasteiger partial charge in [-0.15, -0.1) is 0 Å². The summed E-state index contributed by atoms with van der Waals surface area (Å²) in [5.74, 6) is 0. The normalized spacial score (nSPS) is 12.6. The monoisotopic (exact) mass is 306 g/mol. The fourth-order valence-corrected chi connectivity index (χ4v) is 2.81. The SMILES string of the molecule is CCCNC(Cc1c(Cl)c(C)nn1C)c1cccnc1C. The van der Waals surface area contributed by atoms with Crippen LogP contribution in [0.5, 0.6) is 0 Å². The van der Waals surface area contributed by atoms with Gasteiger partial charge in [0.05, 0.1) is 16.4 Å². The van der Waals surface area contributed by atoms with Crippen molar-refractivity contribution in [3.63, 3.8) is 0 Å². The molecule has 2 aromatic heterocycles. The first-order valence-corrected chi connectivity index (χ1v) is 7.75. The van der Waals surface area contributed by atoms with Crippen LogP contribution in [0.3, 0.4) is 0 Å². The number of halogens is 1. The van der Waals surface area contributed by atoms with Gasteiger partial charge < -0.3 is 5.32 Å². The lowest BCUT2D eigenvalue weighted by molar-refractivity contribution is 0.509. The quantitative estimate of drug-likeness (QED) is 0.890. The summed E-state index contributed by atoms with van der Waals surface area (Å²) in [6, 6.07) is 4.32. The fraction of sp³-hybridized carbons (Fsp3) is 0.500. The van der Waals surface area contributed by atoms with E-state index in [4.69, 9.17) is 11.6 Å². The number of aryl methyl sites for hydroxylation is 3. The van der Waals surface area contributed by atoms with Crippen LogP contribution < -0.4 is 5.32 Å². The molecule has 0 aliphatic rings. The molecule has 0 saturated carbocycles. The van der Waals surface area contributed by atoms with Gasteiger partial charge in [-0.05, 0) is 38.4 Å².